The first-order valence-electron chi connectivity index (χ1n) is 10.1. The molecule has 2 aliphatic rings. The Morgan fingerprint density at radius 3 is 2.00 bits per heavy atom. The second-order valence-electron chi connectivity index (χ2n) is 8.55. The molecule has 1 aliphatic heterocycles. The Hall–Kier alpha value is -1.69. The van der Waals surface area contributed by atoms with E-state index in [-0.39, 0.29) is 29.2 Å². The van der Waals surface area contributed by atoms with Crippen molar-refractivity contribution >= 4 is 18.1 Å². The van der Waals surface area contributed by atoms with E-state index in [9.17, 15) is 13.9 Å². The molecule has 2 fully saturated rings. The first-order chi connectivity index (χ1) is 13.4. The molecule has 1 saturated carbocycles. The molecule has 0 amide bonds. The molecule has 4 rings (SSSR count). The Morgan fingerprint density at radius 2 is 1.48 bits per heavy atom. The van der Waals surface area contributed by atoms with Crippen LogP contribution in [-0.4, -0.2) is 41.7 Å². The third kappa shape index (κ3) is 4.42. The van der Waals surface area contributed by atoms with Crippen LogP contribution in [0.2, 0.25) is 0 Å². The van der Waals surface area contributed by atoms with E-state index in [0.29, 0.717) is 18.7 Å². The third-order valence-corrected chi connectivity index (χ3v) is 6.46. The van der Waals surface area contributed by atoms with Gasteiger partial charge in [-0.2, -0.15) is 0 Å². The van der Waals surface area contributed by atoms with Crippen molar-refractivity contribution < 1.29 is 13.9 Å². The molecule has 0 spiro atoms. The molecule has 1 unspecified atom stereocenters. The zero-order valence-electron chi connectivity index (χ0n) is 16.9. The number of hydrogen-bond acceptors (Lipinski definition) is 3. The maximum Gasteiger partial charge on any atom is 0.149 e. The van der Waals surface area contributed by atoms with Crippen LogP contribution in [0.3, 0.4) is 0 Å². The van der Waals surface area contributed by atoms with E-state index in [1.54, 1.807) is 29.2 Å². The van der Waals surface area contributed by atoms with Gasteiger partial charge < -0.3 is 10.0 Å². The quantitative estimate of drug-likeness (QED) is 0.751. The largest absolute Gasteiger partial charge is 0.384 e. The van der Waals surface area contributed by atoms with Crippen molar-refractivity contribution in [2.75, 3.05) is 31.1 Å². The van der Waals surface area contributed by atoms with Crippen LogP contribution in [0.25, 0.3) is 0 Å². The Balaban J connectivity index is 0.00000240. The molecule has 158 valence electrons. The lowest BCUT2D eigenvalue weighted by molar-refractivity contribution is 0.0916. The van der Waals surface area contributed by atoms with Crippen LogP contribution in [0.5, 0.6) is 0 Å². The van der Waals surface area contributed by atoms with Gasteiger partial charge in [0.05, 0.1) is 0 Å². The van der Waals surface area contributed by atoms with E-state index in [2.05, 4.69) is 18.7 Å². The molecule has 2 aromatic carbocycles. The van der Waals surface area contributed by atoms with Crippen molar-refractivity contribution in [3.63, 3.8) is 0 Å². The fourth-order valence-electron chi connectivity index (χ4n) is 4.43. The van der Waals surface area contributed by atoms with Gasteiger partial charge in [0.15, 0.2) is 0 Å². The summed E-state index contributed by atoms with van der Waals surface area (Å²) in [4.78, 5) is 4.24. The van der Waals surface area contributed by atoms with E-state index >= 15 is 0 Å². The van der Waals surface area contributed by atoms with Crippen molar-refractivity contribution in [1.29, 1.82) is 0 Å². The highest BCUT2D eigenvalue weighted by atomic mass is 35.5. The zero-order valence-corrected chi connectivity index (χ0v) is 17.8. The monoisotopic (exact) mass is 422 g/mol. The molecule has 1 atom stereocenters. The minimum atomic E-state index is -1.05. The SMILES string of the molecule is CC(C)(C1CC1)N1CCN(c2c(F)cc(C(O)c3ccccc3)cc2F)CC1.Cl. The molecule has 1 aliphatic carbocycles. The number of hydrogen-bond donors (Lipinski definition) is 1. The number of aliphatic hydroxyl groups excluding tert-OH is 1. The van der Waals surface area contributed by atoms with Gasteiger partial charge in [0, 0.05) is 31.7 Å². The molecule has 0 radical (unpaired) electrons. The average molecular weight is 423 g/mol. The number of anilines is 1. The third-order valence-electron chi connectivity index (χ3n) is 6.46. The number of benzene rings is 2. The summed E-state index contributed by atoms with van der Waals surface area (Å²) >= 11 is 0. The predicted molar refractivity (Wildman–Crippen MR) is 115 cm³/mol. The maximum atomic E-state index is 14.8. The van der Waals surface area contributed by atoms with E-state index < -0.39 is 17.7 Å². The zero-order chi connectivity index (χ0) is 19.9. The summed E-state index contributed by atoms with van der Waals surface area (Å²) in [5, 5.41) is 10.5. The lowest BCUT2D eigenvalue weighted by Crippen LogP contribution is -2.55. The topological polar surface area (TPSA) is 26.7 Å². The van der Waals surface area contributed by atoms with Gasteiger partial charge in [0.25, 0.3) is 0 Å². The summed E-state index contributed by atoms with van der Waals surface area (Å²) < 4.78 is 29.7. The second-order valence-corrected chi connectivity index (χ2v) is 8.55. The summed E-state index contributed by atoms with van der Waals surface area (Å²) in [6.07, 6.45) is 1.51. The van der Waals surface area contributed by atoms with Crippen molar-refractivity contribution in [2.45, 2.75) is 38.3 Å². The fourth-order valence-corrected chi connectivity index (χ4v) is 4.43. The number of piperazine rings is 1. The number of halogens is 3. The van der Waals surface area contributed by atoms with Gasteiger partial charge in [-0.05, 0) is 55.9 Å². The molecule has 6 heteroatoms. The van der Waals surface area contributed by atoms with E-state index in [0.717, 1.165) is 19.0 Å². The van der Waals surface area contributed by atoms with Gasteiger partial charge in [-0.25, -0.2) is 8.78 Å². The van der Waals surface area contributed by atoms with Crippen LogP contribution in [0, 0.1) is 17.6 Å². The molecule has 3 nitrogen and oxygen atoms in total. The van der Waals surface area contributed by atoms with Crippen LogP contribution in [-0.2, 0) is 0 Å². The summed E-state index contributed by atoms with van der Waals surface area (Å²) in [7, 11) is 0. The van der Waals surface area contributed by atoms with E-state index in [4.69, 9.17) is 0 Å². The molecule has 2 aromatic rings. The van der Waals surface area contributed by atoms with Gasteiger partial charge in [-0.1, -0.05) is 30.3 Å². The van der Waals surface area contributed by atoms with Gasteiger partial charge in [0.1, 0.15) is 23.4 Å². The van der Waals surface area contributed by atoms with Gasteiger partial charge in [-0.3, -0.25) is 4.90 Å². The van der Waals surface area contributed by atoms with Crippen molar-refractivity contribution in [3.8, 4) is 0 Å². The molecule has 1 heterocycles. The van der Waals surface area contributed by atoms with Gasteiger partial charge in [-0.15, -0.1) is 12.4 Å². The molecular weight excluding hydrogens is 394 g/mol. The van der Waals surface area contributed by atoms with Crippen molar-refractivity contribution in [3.05, 3.63) is 65.2 Å². The van der Waals surface area contributed by atoms with Crippen LogP contribution in [0.15, 0.2) is 42.5 Å². The van der Waals surface area contributed by atoms with E-state index in [1.165, 1.54) is 25.0 Å². The minimum absolute atomic E-state index is 0. The van der Waals surface area contributed by atoms with E-state index in [1.807, 2.05) is 6.07 Å². The Kier molecular flexibility index (Phi) is 6.51. The van der Waals surface area contributed by atoms with Crippen LogP contribution < -0.4 is 4.90 Å². The summed E-state index contributed by atoms with van der Waals surface area (Å²) in [5.41, 5.74) is 1.03. The lowest BCUT2D eigenvalue weighted by atomic mass is 9.95. The molecule has 1 N–H and O–H groups in total. The molecule has 0 aromatic heterocycles. The normalized spacial score (nSPS) is 19.0. The molecule has 1 saturated heterocycles. The molecular formula is C23H29ClF2N2O. The Morgan fingerprint density at radius 1 is 0.931 bits per heavy atom. The fraction of sp³-hybridized carbons (Fsp3) is 0.478. The Labute approximate surface area is 177 Å². The van der Waals surface area contributed by atoms with Crippen molar-refractivity contribution in [1.82, 2.24) is 4.90 Å². The van der Waals surface area contributed by atoms with Crippen LogP contribution in [0.4, 0.5) is 14.5 Å². The number of nitrogens with zero attached hydrogens (tertiary/aromatic N) is 2. The first-order valence-corrected chi connectivity index (χ1v) is 10.1. The Bertz CT molecular complexity index is 811. The van der Waals surface area contributed by atoms with Crippen LogP contribution in [0.1, 0.15) is 43.9 Å². The smallest absolute Gasteiger partial charge is 0.149 e. The van der Waals surface area contributed by atoms with Gasteiger partial charge in [0.2, 0.25) is 0 Å². The molecule has 0 bridgehead atoms. The second kappa shape index (κ2) is 8.58. The predicted octanol–water partition coefficient (Wildman–Crippen LogP) is 4.78. The molecule has 29 heavy (non-hydrogen) atoms. The highest BCUT2D eigenvalue weighted by molar-refractivity contribution is 5.85. The maximum absolute atomic E-state index is 14.8. The van der Waals surface area contributed by atoms with Crippen molar-refractivity contribution in [2.24, 2.45) is 5.92 Å². The summed E-state index contributed by atoms with van der Waals surface area (Å²) in [6, 6.07) is 11.4. The summed E-state index contributed by atoms with van der Waals surface area (Å²) in [6.45, 7) is 7.37. The lowest BCUT2D eigenvalue weighted by Gasteiger charge is -2.45. The van der Waals surface area contributed by atoms with Gasteiger partial charge >= 0.3 is 0 Å². The first kappa shape index (κ1) is 22.0. The highest BCUT2D eigenvalue weighted by Crippen LogP contribution is 2.43. The standard InChI is InChI=1S/C23H28F2N2O.ClH/c1-23(2,18-8-9-18)27-12-10-26(11-13-27)21-19(24)14-17(15-20(21)25)22(28)16-6-4-3-5-7-16;/h3-7,14-15,18,22,28H,8-13H2,1-2H3;1H. The van der Waals surface area contributed by atoms with Crippen LogP contribution >= 0.6 is 12.4 Å². The summed E-state index contributed by atoms with van der Waals surface area (Å²) in [5.74, 6) is -0.481. The minimum Gasteiger partial charge on any atom is -0.384 e. The number of aliphatic hydroxyl groups is 1. The highest BCUT2D eigenvalue weighted by Gasteiger charge is 2.43. The average Bonchev–Trinajstić information content (AvgIpc) is 3.54. The number of rotatable bonds is 5.